The molecule has 3 aromatic rings. The van der Waals surface area contributed by atoms with Gasteiger partial charge < -0.3 is 15.2 Å². The number of carbonyl (C=O) groups is 1. The molecule has 2 aromatic carbocycles. The number of rotatable bonds is 7. The molecule has 2 N–H and O–H groups in total. The minimum absolute atomic E-state index is 0.0181. The standard InChI is InChI=1S/C20H21ClFN3O/c1-25(13-17-11-15-10-16(22)6-7-19(15)24-17)9-8-20(26)23-12-14-4-2-3-5-18(14)21/h2-7,10-11,24H,8-9,12-13H2,1H3,(H,23,26). The molecule has 0 aliphatic heterocycles. The Bertz CT molecular complexity index is 909. The molecule has 1 amide bonds. The van der Waals surface area contributed by atoms with Crippen molar-refractivity contribution in [1.29, 1.82) is 0 Å². The normalized spacial score (nSPS) is 11.2. The minimum Gasteiger partial charge on any atom is -0.357 e. The van der Waals surface area contributed by atoms with E-state index in [0.29, 0.717) is 31.1 Å². The van der Waals surface area contributed by atoms with Crippen LogP contribution in [0.15, 0.2) is 48.5 Å². The molecular weight excluding hydrogens is 353 g/mol. The molecule has 1 aromatic heterocycles. The molecule has 0 bridgehead atoms. The number of hydrogen-bond acceptors (Lipinski definition) is 2. The van der Waals surface area contributed by atoms with E-state index in [-0.39, 0.29) is 11.7 Å². The summed E-state index contributed by atoms with van der Waals surface area (Å²) < 4.78 is 13.3. The van der Waals surface area contributed by atoms with Crippen molar-refractivity contribution in [1.82, 2.24) is 15.2 Å². The summed E-state index contributed by atoms with van der Waals surface area (Å²) in [7, 11) is 1.95. The molecule has 0 saturated carbocycles. The zero-order valence-electron chi connectivity index (χ0n) is 14.6. The molecule has 6 heteroatoms. The summed E-state index contributed by atoms with van der Waals surface area (Å²) in [6.45, 7) is 1.71. The Labute approximate surface area is 157 Å². The first kappa shape index (κ1) is 18.4. The van der Waals surface area contributed by atoms with E-state index >= 15 is 0 Å². The van der Waals surface area contributed by atoms with Crippen molar-refractivity contribution >= 4 is 28.4 Å². The number of carbonyl (C=O) groups excluding carboxylic acids is 1. The summed E-state index contributed by atoms with van der Waals surface area (Å²) in [5.41, 5.74) is 2.80. The van der Waals surface area contributed by atoms with E-state index in [1.807, 2.05) is 37.4 Å². The quantitative estimate of drug-likeness (QED) is 0.655. The third kappa shape index (κ3) is 4.84. The van der Waals surface area contributed by atoms with Gasteiger partial charge in [0.15, 0.2) is 0 Å². The molecule has 0 fully saturated rings. The summed E-state index contributed by atoms with van der Waals surface area (Å²) in [5.74, 6) is -0.262. The van der Waals surface area contributed by atoms with Gasteiger partial charge in [0.25, 0.3) is 0 Å². The van der Waals surface area contributed by atoms with Gasteiger partial charge in [-0.2, -0.15) is 0 Å². The van der Waals surface area contributed by atoms with Crippen molar-refractivity contribution in [2.75, 3.05) is 13.6 Å². The predicted molar refractivity (Wildman–Crippen MR) is 103 cm³/mol. The molecule has 26 heavy (non-hydrogen) atoms. The highest BCUT2D eigenvalue weighted by atomic mass is 35.5. The highest BCUT2D eigenvalue weighted by Crippen LogP contribution is 2.17. The number of halogens is 2. The number of aromatic nitrogens is 1. The van der Waals surface area contributed by atoms with E-state index in [1.165, 1.54) is 12.1 Å². The van der Waals surface area contributed by atoms with Gasteiger partial charge in [0, 0.05) is 47.7 Å². The molecule has 0 unspecified atom stereocenters. The summed E-state index contributed by atoms with van der Waals surface area (Å²) >= 11 is 6.08. The molecule has 0 spiro atoms. The topological polar surface area (TPSA) is 48.1 Å². The van der Waals surface area contributed by atoms with Gasteiger partial charge in [-0.05, 0) is 42.9 Å². The summed E-state index contributed by atoms with van der Waals surface area (Å²) in [5, 5.41) is 4.39. The average molecular weight is 374 g/mol. The van der Waals surface area contributed by atoms with E-state index in [2.05, 4.69) is 15.2 Å². The lowest BCUT2D eigenvalue weighted by atomic mass is 10.2. The van der Waals surface area contributed by atoms with Crippen molar-refractivity contribution in [3.05, 3.63) is 70.6 Å². The molecule has 0 aliphatic rings. The highest BCUT2D eigenvalue weighted by molar-refractivity contribution is 6.31. The third-order valence-electron chi connectivity index (χ3n) is 4.23. The predicted octanol–water partition coefficient (Wildman–Crippen LogP) is 4.10. The molecule has 1 heterocycles. The first-order valence-corrected chi connectivity index (χ1v) is 8.85. The molecule has 3 rings (SSSR count). The number of aromatic amines is 1. The van der Waals surface area contributed by atoms with Gasteiger partial charge in [-0.25, -0.2) is 4.39 Å². The van der Waals surface area contributed by atoms with Crippen molar-refractivity contribution in [3.63, 3.8) is 0 Å². The maximum atomic E-state index is 13.3. The fraction of sp³-hybridized carbons (Fsp3) is 0.250. The van der Waals surface area contributed by atoms with Crippen molar-refractivity contribution in [2.45, 2.75) is 19.5 Å². The first-order valence-electron chi connectivity index (χ1n) is 8.47. The van der Waals surface area contributed by atoms with Crippen LogP contribution in [-0.4, -0.2) is 29.4 Å². The van der Waals surface area contributed by atoms with Crippen LogP contribution < -0.4 is 5.32 Å². The van der Waals surface area contributed by atoms with Gasteiger partial charge >= 0.3 is 0 Å². The molecule has 0 saturated heterocycles. The average Bonchev–Trinajstić information content (AvgIpc) is 3.00. The molecule has 136 valence electrons. The van der Waals surface area contributed by atoms with Gasteiger partial charge in [0.2, 0.25) is 5.91 Å². The van der Waals surface area contributed by atoms with Crippen LogP contribution in [-0.2, 0) is 17.9 Å². The number of benzene rings is 2. The molecule has 0 aliphatic carbocycles. The molecular formula is C20H21ClFN3O. The van der Waals surface area contributed by atoms with E-state index < -0.39 is 0 Å². The molecule has 0 radical (unpaired) electrons. The SMILES string of the molecule is CN(CCC(=O)NCc1ccccc1Cl)Cc1cc2cc(F)ccc2[nH]1. The van der Waals surface area contributed by atoms with Crippen molar-refractivity contribution < 1.29 is 9.18 Å². The Kier molecular flexibility index (Phi) is 5.91. The number of amides is 1. The maximum Gasteiger partial charge on any atom is 0.221 e. The lowest BCUT2D eigenvalue weighted by Crippen LogP contribution is -2.28. The Morgan fingerprint density at radius 3 is 2.85 bits per heavy atom. The molecule has 0 atom stereocenters. The maximum absolute atomic E-state index is 13.3. The van der Waals surface area contributed by atoms with Crippen LogP contribution in [0.25, 0.3) is 10.9 Å². The van der Waals surface area contributed by atoms with Gasteiger partial charge in [-0.1, -0.05) is 29.8 Å². The van der Waals surface area contributed by atoms with Gasteiger partial charge in [-0.15, -0.1) is 0 Å². The lowest BCUT2D eigenvalue weighted by molar-refractivity contribution is -0.121. The second kappa shape index (κ2) is 8.34. The second-order valence-electron chi connectivity index (χ2n) is 6.38. The Morgan fingerprint density at radius 2 is 2.04 bits per heavy atom. The number of fused-ring (bicyclic) bond motifs is 1. The first-order chi connectivity index (χ1) is 12.5. The van der Waals surface area contributed by atoms with Crippen LogP contribution in [0, 0.1) is 5.82 Å². The van der Waals surface area contributed by atoms with Crippen LogP contribution in [0.3, 0.4) is 0 Å². The van der Waals surface area contributed by atoms with E-state index in [1.54, 1.807) is 6.07 Å². The molecule has 4 nitrogen and oxygen atoms in total. The number of nitrogens with zero attached hydrogens (tertiary/aromatic N) is 1. The zero-order chi connectivity index (χ0) is 18.5. The zero-order valence-corrected chi connectivity index (χ0v) is 15.3. The van der Waals surface area contributed by atoms with E-state index in [9.17, 15) is 9.18 Å². The van der Waals surface area contributed by atoms with Crippen LogP contribution in [0.5, 0.6) is 0 Å². The van der Waals surface area contributed by atoms with Crippen molar-refractivity contribution in [2.24, 2.45) is 0 Å². The summed E-state index contributed by atoms with van der Waals surface area (Å²) in [4.78, 5) is 17.4. The minimum atomic E-state index is -0.244. The van der Waals surface area contributed by atoms with Crippen LogP contribution >= 0.6 is 11.6 Å². The number of hydrogen-bond donors (Lipinski definition) is 2. The highest BCUT2D eigenvalue weighted by Gasteiger charge is 2.08. The van der Waals surface area contributed by atoms with Crippen molar-refractivity contribution in [3.8, 4) is 0 Å². The van der Waals surface area contributed by atoms with Gasteiger partial charge in [0.1, 0.15) is 5.82 Å². The lowest BCUT2D eigenvalue weighted by Gasteiger charge is -2.15. The fourth-order valence-electron chi connectivity index (χ4n) is 2.83. The summed E-state index contributed by atoms with van der Waals surface area (Å²) in [6.07, 6.45) is 0.399. The second-order valence-corrected chi connectivity index (χ2v) is 6.79. The van der Waals surface area contributed by atoms with Crippen LogP contribution in [0.4, 0.5) is 4.39 Å². The largest absolute Gasteiger partial charge is 0.357 e. The van der Waals surface area contributed by atoms with Gasteiger partial charge in [-0.3, -0.25) is 4.79 Å². The third-order valence-corrected chi connectivity index (χ3v) is 4.60. The Morgan fingerprint density at radius 1 is 1.23 bits per heavy atom. The van der Waals surface area contributed by atoms with E-state index in [0.717, 1.165) is 22.2 Å². The fourth-order valence-corrected chi connectivity index (χ4v) is 3.04. The number of H-pyrrole nitrogens is 1. The van der Waals surface area contributed by atoms with Crippen LogP contribution in [0.2, 0.25) is 5.02 Å². The smallest absolute Gasteiger partial charge is 0.221 e. The van der Waals surface area contributed by atoms with Gasteiger partial charge in [0.05, 0.1) is 0 Å². The van der Waals surface area contributed by atoms with E-state index in [4.69, 9.17) is 11.6 Å². The number of nitrogens with one attached hydrogen (secondary N) is 2. The summed E-state index contributed by atoms with van der Waals surface area (Å²) in [6, 6.07) is 14.1. The Balaban J connectivity index is 1.46. The monoisotopic (exact) mass is 373 g/mol. The Hall–Kier alpha value is -2.37. The van der Waals surface area contributed by atoms with Crippen LogP contribution in [0.1, 0.15) is 17.7 Å².